The second kappa shape index (κ2) is 7.28. The van der Waals surface area contributed by atoms with Gasteiger partial charge in [-0.2, -0.15) is 5.10 Å². The predicted octanol–water partition coefficient (Wildman–Crippen LogP) is 3.19. The minimum absolute atomic E-state index is 0.124. The van der Waals surface area contributed by atoms with Gasteiger partial charge in [-0.3, -0.25) is 4.79 Å². The molecule has 25 heavy (non-hydrogen) atoms. The Bertz CT molecular complexity index is 917. The van der Waals surface area contributed by atoms with E-state index in [0.717, 1.165) is 33.8 Å². The smallest absolute Gasteiger partial charge is 0.259 e. The SMILES string of the molecule is O=C(CNc1ncnc2sc3c(c12)CCCC3)NN=Cc1cccs1. The van der Waals surface area contributed by atoms with E-state index in [9.17, 15) is 4.79 Å². The highest BCUT2D eigenvalue weighted by Crippen LogP contribution is 2.37. The number of carbonyl (C=O) groups excluding carboxylic acids is 1. The summed E-state index contributed by atoms with van der Waals surface area (Å²) in [7, 11) is 0. The molecule has 0 bridgehead atoms. The lowest BCUT2D eigenvalue weighted by molar-refractivity contribution is -0.119. The quantitative estimate of drug-likeness (QED) is 0.533. The molecule has 0 atom stereocenters. The third-order valence-electron chi connectivity index (χ3n) is 4.09. The summed E-state index contributed by atoms with van der Waals surface area (Å²) in [4.78, 5) is 24.1. The number of aryl methyl sites for hydroxylation is 2. The monoisotopic (exact) mass is 371 g/mol. The molecular weight excluding hydrogens is 354 g/mol. The Morgan fingerprint density at radius 2 is 2.24 bits per heavy atom. The molecule has 1 aliphatic carbocycles. The lowest BCUT2D eigenvalue weighted by Crippen LogP contribution is -2.26. The maximum absolute atomic E-state index is 12.0. The van der Waals surface area contributed by atoms with Crippen LogP contribution in [0.25, 0.3) is 10.2 Å². The Balaban J connectivity index is 1.44. The molecule has 0 aliphatic heterocycles. The van der Waals surface area contributed by atoms with Crippen molar-refractivity contribution in [1.82, 2.24) is 15.4 Å². The van der Waals surface area contributed by atoms with Crippen molar-refractivity contribution in [3.05, 3.63) is 39.2 Å². The molecule has 0 saturated heterocycles. The maximum Gasteiger partial charge on any atom is 0.259 e. The van der Waals surface area contributed by atoms with Crippen LogP contribution in [0.15, 0.2) is 28.9 Å². The fourth-order valence-corrected chi connectivity index (χ4v) is 4.77. The molecular formula is C17H17N5OS2. The van der Waals surface area contributed by atoms with Crippen molar-refractivity contribution < 1.29 is 4.79 Å². The van der Waals surface area contributed by atoms with Crippen LogP contribution in [0.1, 0.15) is 28.2 Å². The van der Waals surface area contributed by atoms with Crippen LogP contribution >= 0.6 is 22.7 Å². The number of carbonyl (C=O) groups is 1. The Labute approximate surface area is 153 Å². The van der Waals surface area contributed by atoms with Crippen molar-refractivity contribution in [1.29, 1.82) is 0 Å². The van der Waals surface area contributed by atoms with Gasteiger partial charge in [0, 0.05) is 9.75 Å². The molecule has 3 heterocycles. The van der Waals surface area contributed by atoms with Crippen molar-refractivity contribution in [3.63, 3.8) is 0 Å². The average molecular weight is 371 g/mol. The summed E-state index contributed by atoms with van der Waals surface area (Å²) in [6, 6.07) is 3.88. The predicted molar refractivity (Wildman–Crippen MR) is 103 cm³/mol. The highest BCUT2D eigenvalue weighted by atomic mass is 32.1. The van der Waals surface area contributed by atoms with Gasteiger partial charge in [-0.05, 0) is 42.7 Å². The van der Waals surface area contributed by atoms with Gasteiger partial charge in [0.15, 0.2) is 0 Å². The largest absolute Gasteiger partial charge is 0.360 e. The number of anilines is 1. The van der Waals surface area contributed by atoms with Crippen molar-refractivity contribution >= 4 is 50.8 Å². The lowest BCUT2D eigenvalue weighted by Gasteiger charge is -2.12. The first-order valence-corrected chi connectivity index (χ1v) is 9.85. The molecule has 0 radical (unpaired) electrons. The van der Waals surface area contributed by atoms with E-state index in [4.69, 9.17) is 0 Å². The van der Waals surface area contributed by atoms with Gasteiger partial charge >= 0.3 is 0 Å². The minimum Gasteiger partial charge on any atom is -0.360 e. The molecule has 128 valence electrons. The Morgan fingerprint density at radius 3 is 3.12 bits per heavy atom. The summed E-state index contributed by atoms with van der Waals surface area (Å²) in [6.45, 7) is 0.124. The number of hydrogen-bond donors (Lipinski definition) is 2. The van der Waals surface area contributed by atoms with E-state index >= 15 is 0 Å². The molecule has 0 saturated carbocycles. The molecule has 3 aromatic rings. The third kappa shape index (κ3) is 3.54. The second-order valence-corrected chi connectivity index (χ2v) is 7.84. The first-order valence-electron chi connectivity index (χ1n) is 8.16. The molecule has 4 rings (SSSR count). The summed E-state index contributed by atoms with van der Waals surface area (Å²) in [5.74, 6) is 0.533. The first-order chi connectivity index (χ1) is 12.3. The minimum atomic E-state index is -0.205. The van der Waals surface area contributed by atoms with E-state index in [1.807, 2.05) is 17.5 Å². The van der Waals surface area contributed by atoms with Crippen molar-refractivity contribution in [2.75, 3.05) is 11.9 Å². The van der Waals surface area contributed by atoms with Gasteiger partial charge in [0.2, 0.25) is 0 Å². The van der Waals surface area contributed by atoms with Gasteiger partial charge < -0.3 is 5.32 Å². The molecule has 3 aromatic heterocycles. The van der Waals surface area contributed by atoms with Gasteiger partial charge in [0.1, 0.15) is 17.0 Å². The topological polar surface area (TPSA) is 79.3 Å². The molecule has 0 spiro atoms. The van der Waals surface area contributed by atoms with Gasteiger partial charge in [0.25, 0.3) is 5.91 Å². The first kappa shape index (κ1) is 16.2. The van der Waals surface area contributed by atoms with E-state index in [1.54, 1.807) is 35.2 Å². The number of rotatable bonds is 5. The average Bonchev–Trinajstić information content (AvgIpc) is 3.27. The third-order valence-corrected chi connectivity index (χ3v) is 6.10. The summed E-state index contributed by atoms with van der Waals surface area (Å²) in [5.41, 5.74) is 3.88. The molecule has 0 fully saturated rings. The number of nitrogens with zero attached hydrogens (tertiary/aromatic N) is 3. The van der Waals surface area contributed by atoms with Gasteiger partial charge in [-0.15, -0.1) is 22.7 Å². The van der Waals surface area contributed by atoms with Crippen molar-refractivity contribution in [2.45, 2.75) is 25.7 Å². The number of aromatic nitrogens is 2. The van der Waals surface area contributed by atoms with Gasteiger partial charge in [-0.25, -0.2) is 15.4 Å². The van der Waals surface area contributed by atoms with Crippen LogP contribution in [0.2, 0.25) is 0 Å². The van der Waals surface area contributed by atoms with E-state index < -0.39 is 0 Å². The highest BCUT2D eigenvalue weighted by molar-refractivity contribution is 7.19. The van der Waals surface area contributed by atoms with Gasteiger partial charge in [0.05, 0.1) is 18.1 Å². The Hall–Kier alpha value is -2.32. The van der Waals surface area contributed by atoms with Crippen LogP contribution in [0.4, 0.5) is 5.82 Å². The van der Waals surface area contributed by atoms with Crippen LogP contribution in [0, 0.1) is 0 Å². The lowest BCUT2D eigenvalue weighted by atomic mass is 9.97. The molecule has 8 heteroatoms. The standard InChI is InChI=1S/C17H17N5OS2/c23-14(22-21-8-11-4-3-7-24-11)9-18-16-15-12-5-1-2-6-13(12)25-17(15)20-10-19-16/h3-4,7-8,10H,1-2,5-6,9H2,(H,22,23)(H,18,19,20). The number of thiophene rings is 2. The maximum atomic E-state index is 12.0. The van der Waals surface area contributed by atoms with Crippen LogP contribution < -0.4 is 10.7 Å². The fourth-order valence-electron chi connectivity index (χ4n) is 2.96. The summed E-state index contributed by atoms with van der Waals surface area (Å²) in [5, 5.41) is 10.1. The number of amides is 1. The highest BCUT2D eigenvalue weighted by Gasteiger charge is 2.19. The van der Waals surface area contributed by atoms with Gasteiger partial charge in [-0.1, -0.05) is 6.07 Å². The summed E-state index contributed by atoms with van der Waals surface area (Å²) in [6.07, 6.45) is 7.81. The Kier molecular flexibility index (Phi) is 4.71. The van der Waals surface area contributed by atoms with Crippen LogP contribution in [-0.2, 0) is 17.6 Å². The van der Waals surface area contributed by atoms with Crippen molar-refractivity contribution in [3.8, 4) is 0 Å². The second-order valence-electron chi connectivity index (χ2n) is 5.78. The molecule has 6 nitrogen and oxygen atoms in total. The normalized spacial score (nSPS) is 13.9. The van der Waals surface area contributed by atoms with Crippen molar-refractivity contribution in [2.24, 2.45) is 5.10 Å². The zero-order valence-corrected chi connectivity index (χ0v) is 15.1. The number of nitrogens with one attached hydrogen (secondary N) is 2. The summed E-state index contributed by atoms with van der Waals surface area (Å²) >= 11 is 3.31. The molecule has 0 unspecified atom stereocenters. The molecule has 2 N–H and O–H groups in total. The van der Waals surface area contributed by atoms with E-state index in [1.165, 1.54) is 23.3 Å². The molecule has 0 aromatic carbocycles. The zero-order valence-electron chi connectivity index (χ0n) is 13.5. The molecule has 1 aliphatic rings. The van der Waals surface area contributed by atoms with E-state index in [2.05, 4.69) is 25.8 Å². The zero-order chi connectivity index (χ0) is 17.1. The number of hydrogen-bond acceptors (Lipinski definition) is 7. The number of hydrazone groups is 1. The van der Waals surface area contributed by atoms with Crippen LogP contribution in [-0.4, -0.2) is 28.6 Å². The van der Waals surface area contributed by atoms with E-state index in [0.29, 0.717) is 0 Å². The number of fused-ring (bicyclic) bond motifs is 3. The van der Waals surface area contributed by atoms with Crippen LogP contribution in [0.3, 0.4) is 0 Å². The summed E-state index contributed by atoms with van der Waals surface area (Å²) < 4.78 is 0. The molecule has 1 amide bonds. The van der Waals surface area contributed by atoms with Crippen LogP contribution in [0.5, 0.6) is 0 Å². The Morgan fingerprint density at radius 1 is 1.32 bits per heavy atom. The fraction of sp³-hybridized carbons (Fsp3) is 0.294. The van der Waals surface area contributed by atoms with E-state index in [-0.39, 0.29) is 12.5 Å².